The molecular weight excluding hydrogens is 555 g/mol. The van der Waals surface area contributed by atoms with Crippen molar-refractivity contribution in [3.8, 4) is 17.2 Å². The molecule has 4 aromatic carbocycles. The monoisotopic (exact) mass is 574 g/mol. The van der Waals surface area contributed by atoms with Gasteiger partial charge >= 0.3 is 0 Å². The van der Waals surface area contributed by atoms with Crippen LogP contribution in [0.25, 0.3) is 6.08 Å². The fourth-order valence-corrected chi connectivity index (χ4v) is 4.40. The van der Waals surface area contributed by atoms with Crippen molar-refractivity contribution < 1.29 is 19.1 Å². The molecule has 1 heterocycles. The number of thiocarbonyl (C=S) groups is 1. The predicted octanol–water partition coefficient (Wildman–Crippen LogP) is 7.20. The number of anilines is 1. The van der Waals surface area contributed by atoms with Crippen LogP contribution in [0.4, 0.5) is 5.69 Å². The van der Waals surface area contributed by atoms with Crippen LogP contribution in [0.3, 0.4) is 0 Å². The maximum absolute atomic E-state index is 13.3. The Hall–Kier alpha value is -4.17. The van der Waals surface area contributed by atoms with E-state index in [-0.39, 0.29) is 10.7 Å². The van der Waals surface area contributed by atoms with Crippen LogP contribution in [0.2, 0.25) is 10.0 Å². The first kappa shape index (κ1) is 26.4. The summed E-state index contributed by atoms with van der Waals surface area (Å²) in [5, 5.41) is 3.54. The molecule has 9 heteroatoms. The van der Waals surface area contributed by atoms with E-state index in [1.54, 1.807) is 60.7 Å². The summed E-state index contributed by atoms with van der Waals surface area (Å²) in [4.78, 5) is 27.3. The third-order valence-corrected chi connectivity index (χ3v) is 6.78. The number of ether oxygens (including phenoxy) is 2. The topological polar surface area (TPSA) is 67.9 Å². The summed E-state index contributed by atoms with van der Waals surface area (Å²) in [5.74, 6) is 0.814. The molecule has 1 aliphatic heterocycles. The number of carbonyl (C=O) groups excluding carboxylic acids is 2. The Morgan fingerprint density at radius 3 is 2.15 bits per heavy atom. The molecule has 0 unspecified atom stereocenters. The van der Waals surface area contributed by atoms with Gasteiger partial charge in [-0.25, -0.2) is 0 Å². The molecule has 194 valence electrons. The largest absolute Gasteiger partial charge is 0.489 e. The lowest BCUT2D eigenvalue weighted by Crippen LogP contribution is -2.54. The minimum Gasteiger partial charge on any atom is -0.489 e. The lowest BCUT2D eigenvalue weighted by Gasteiger charge is -2.29. The van der Waals surface area contributed by atoms with E-state index in [0.717, 1.165) is 5.56 Å². The molecule has 1 saturated heterocycles. The zero-order valence-electron chi connectivity index (χ0n) is 20.3. The van der Waals surface area contributed by atoms with Crippen LogP contribution >= 0.6 is 35.4 Å². The minimum atomic E-state index is -0.565. The highest BCUT2D eigenvalue weighted by molar-refractivity contribution is 7.80. The average molecular weight is 575 g/mol. The third-order valence-electron chi connectivity index (χ3n) is 5.76. The Labute approximate surface area is 240 Å². The van der Waals surface area contributed by atoms with Crippen LogP contribution in [0.5, 0.6) is 17.2 Å². The minimum absolute atomic E-state index is 0.00456. The van der Waals surface area contributed by atoms with Gasteiger partial charge in [-0.05, 0) is 90.1 Å². The summed E-state index contributed by atoms with van der Waals surface area (Å²) < 4.78 is 11.6. The Morgan fingerprint density at radius 2 is 1.46 bits per heavy atom. The number of halogens is 2. The number of amides is 2. The summed E-state index contributed by atoms with van der Waals surface area (Å²) in [6, 6.07) is 28.5. The van der Waals surface area contributed by atoms with Gasteiger partial charge in [0.1, 0.15) is 29.4 Å². The van der Waals surface area contributed by atoms with Crippen LogP contribution in [-0.2, 0) is 16.2 Å². The quantitative estimate of drug-likeness (QED) is 0.144. The van der Waals surface area contributed by atoms with Crippen molar-refractivity contribution in [2.75, 3.05) is 4.90 Å². The fraction of sp³-hybridized carbons (Fsp3) is 0.0333. The molecule has 39 heavy (non-hydrogen) atoms. The van der Waals surface area contributed by atoms with Crippen LogP contribution in [0, 0.1) is 0 Å². The molecule has 0 atom stereocenters. The highest BCUT2D eigenvalue weighted by Crippen LogP contribution is 2.28. The van der Waals surface area contributed by atoms with E-state index in [9.17, 15) is 9.59 Å². The Morgan fingerprint density at radius 1 is 0.795 bits per heavy atom. The Balaban J connectivity index is 1.29. The van der Waals surface area contributed by atoms with Gasteiger partial charge in [-0.3, -0.25) is 19.8 Å². The highest BCUT2D eigenvalue weighted by Gasteiger charge is 2.34. The van der Waals surface area contributed by atoms with Crippen LogP contribution in [-0.4, -0.2) is 16.9 Å². The average Bonchev–Trinajstić information content (AvgIpc) is 2.94. The Kier molecular flexibility index (Phi) is 7.93. The van der Waals surface area contributed by atoms with Crippen molar-refractivity contribution in [1.82, 2.24) is 5.32 Å². The molecule has 5 rings (SSSR count). The zero-order chi connectivity index (χ0) is 27.4. The number of rotatable bonds is 7. The van der Waals surface area contributed by atoms with E-state index >= 15 is 0 Å². The summed E-state index contributed by atoms with van der Waals surface area (Å²) in [6.45, 7) is 0.305. The number of para-hydroxylation sites is 1. The number of nitrogens with zero attached hydrogens (tertiary/aromatic N) is 1. The van der Waals surface area contributed by atoms with Crippen molar-refractivity contribution in [3.63, 3.8) is 0 Å². The molecule has 2 amide bonds. The number of benzene rings is 4. The first-order chi connectivity index (χ1) is 18.9. The predicted molar refractivity (Wildman–Crippen MR) is 156 cm³/mol. The SMILES string of the molecule is O=C1NC(=S)N(c2ccc(Oc3ccccc3)cc2)C(=O)/C1=C/c1ccc(OCc2ccc(Cl)c(Cl)c2)cc1. The molecule has 0 radical (unpaired) electrons. The van der Waals surface area contributed by atoms with Gasteiger partial charge in [-0.15, -0.1) is 0 Å². The van der Waals surface area contributed by atoms with Gasteiger partial charge in [-0.2, -0.15) is 0 Å². The number of nitrogens with one attached hydrogen (secondary N) is 1. The first-order valence-corrected chi connectivity index (χ1v) is 12.9. The van der Waals surface area contributed by atoms with E-state index in [0.29, 0.717) is 45.2 Å². The molecular formula is C30H20Cl2N2O4S. The van der Waals surface area contributed by atoms with E-state index < -0.39 is 11.8 Å². The normalized spacial score (nSPS) is 14.4. The first-order valence-electron chi connectivity index (χ1n) is 11.8. The summed E-state index contributed by atoms with van der Waals surface area (Å²) in [5.41, 5.74) is 1.98. The second-order valence-electron chi connectivity index (χ2n) is 8.47. The van der Waals surface area contributed by atoms with E-state index in [1.807, 2.05) is 36.4 Å². The molecule has 1 N–H and O–H groups in total. The smallest absolute Gasteiger partial charge is 0.270 e. The molecule has 1 fully saturated rings. The van der Waals surface area contributed by atoms with Gasteiger partial charge < -0.3 is 9.47 Å². The van der Waals surface area contributed by atoms with E-state index in [1.165, 1.54) is 11.0 Å². The van der Waals surface area contributed by atoms with Crippen molar-refractivity contribution >= 4 is 64.1 Å². The molecule has 4 aromatic rings. The number of hydrogen-bond donors (Lipinski definition) is 1. The number of hydrogen-bond acceptors (Lipinski definition) is 5. The molecule has 0 spiro atoms. The van der Waals surface area contributed by atoms with Crippen LogP contribution in [0.15, 0.2) is 103 Å². The Bertz CT molecular complexity index is 1570. The van der Waals surface area contributed by atoms with Crippen molar-refractivity contribution in [2.45, 2.75) is 6.61 Å². The van der Waals surface area contributed by atoms with Crippen LogP contribution < -0.4 is 19.7 Å². The second kappa shape index (κ2) is 11.7. The van der Waals surface area contributed by atoms with Gasteiger partial charge in [-0.1, -0.05) is 59.6 Å². The lowest BCUT2D eigenvalue weighted by molar-refractivity contribution is -0.122. The maximum Gasteiger partial charge on any atom is 0.270 e. The molecule has 0 aliphatic carbocycles. The van der Waals surface area contributed by atoms with Gasteiger partial charge in [0.05, 0.1) is 15.7 Å². The van der Waals surface area contributed by atoms with Crippen molar-refractivity contribution in [1.29, 1.82) is 0 Å². The molecule has 0 bridgehead atoms. The maximum atomic E-state index is 13.3. The zero-order valence-corrected chi connectivity index (χ0v) is 22.6. The van der Waals surface area contributed by atoms with Gasteiger partial charge in [0, 0.05) is 0 Å². The standard InChI is InChI=1S/C30H20Cl2N2O4S/c31-26-15-8-20(17-27(26)32)18-37-22-11-6-19(7-12-22)16-25-28(35)33-30(39)34(29(25)36)21-9-13-24(14-10-21)38-23-4-2-1-3-5-23/h1-17H,18H2,(H,33,35,39)/b25-16+. The summed E-state index contributed by atoms with van der Waals surface area (Å²) >= 11 is 17.3. The van der Waals surface area contributed by atoms with Gasteiger partial charge in [0.2, 0.25) is 0 Å². The van der Waals surface area contributed by atoms with Crippen molar-refractivity contribution in [3.05, 3.63) is 124 Å². The molecule has 0 saturated carbocycles. The van der Waals surface area contributed by atoms with E-state index in [4.69, 9.17) is 44.9 Å². The second-order valence-corrected chi connectivity index (χ2v) is 9.67. The van der Waals surface area contributed by atoms with Gasteiger partial charge in [0.15, 0.2) is 5.11 Å². The summed E-state index contributed by atoms with van der Waals surface area (Å²) in [7, 11) is 0. The van der Waals surface area contributed by atoms with E-state index in [2.05, 4.69) is 5.32 Å². The van der Waals surface area contributed by atoms with Crippen LogP contribution in [0.1, 0.15) is 11.1 Å². The van der Waals surface area contributed by atoms with Gasteiger partial charge in [0.25, 0.3) is 11.8 Å². The molecule has 0 aromatic heterocycles. The molecule has 1 aliphatic rings. The number of carbonyl (C=O) groups is 2. The third kappa shape index (κ3) is 6.29. The summed E-state index contributed by atoms with van der Waals surface area (Å²) in [6.07, 6.45) is 1.52. The lowest BCUT2D eigenvalue weighted by atomic mass is 10.1. The highest BCUT2D eigenvalue weighted by atomic mass is 35.5. The molecule has 6 nitrogen and oxygen atoms in total. The fourth-order valence-electron chi connectivity index (χ4n) is 3.80. The van der Waals surface area contributed by atoms with Crippen molar-refractivity contribution in [2.24, 2.45) is 0 Å².